The van der Waals surface area contributed by atoms with Crippen molar-refractivity contribution >= 4 is 18.8 Å². The summed E-state index contributed by atoms with van der Waals surface area (Å²) in [6.45, 7) is 0. The van der Waals surface area contributed by atoms with Crippen LogP contribution in [0.15, 0.2) is 57.7 Å². The van der Waals surface area contributed by atoms with Gasteiger partial charge >= 0.3 is 59.1 Å². The summed E-state index contributed by atoms with van der Waals surface area (Å²) in [7, 11) is -5.46. The molecule has 0 aliphatic rings. The molecule has 7 nitrogen and oxygen atoms in total. The summed E-state index contributed by atoms with van der Waals surface area (Å²) in [6, 6.07) is 11.6. The molecule has 0 aliphatic heterocycles. The van der Waals surface area contributed by atoms with Gasteiger partial charge in [0, 0.05) is 5.56 Å². The Hall–Kier alpha value is -0.600. The number of rotatable bonds is 3. The molecule has 0 fully saturated rings. The van der Waals surface area contributed by atoms with Gasteiger partial charge in [0.2, 0.25) is 11.2 Å². The summed E-state index contributed by atoms with van der Waals surface area (Å²) in [5.74, 6) is -0.943. The van der Waals surface area contributed by atoms with Crippen LogP contribution in [0.1, 0.15) is 0 Å². The molecule has 0 radical (unpaired) electrons. The molecule has 3 aromatic rings. The second kappa shape index (κ2) is 8.86. The topological polar surface area (TPSA) is 123 Å². The number of phenolic OH excluding ortho intramolecular Hbond substituents is 1. The smallest absolute Gasteiger partial charge is 0.780 e. The summed E-state index contributed by atoms with van der Waals surface area (Å²) >= 11 is 0. The van der Waals surface area contributed by atoms with Crippen LogP contribution in [0.2, 0.25) is 0 Å². The first-order valence-corrected chi connectivity index (χ1v) is 7.88. The molecule has 0 aliphatic carbocycles. The molecule has 3 rings (SSSR count). The first-order chi connectivity index (χ1) is 10.8. The van der Waals surface area contributed by atoms with E-state index >= 15 is 0 Å². The summed E-state index contributed by atoms with van der Waals surface area (Å²) in [5.41, 5.74) is -0.296. The molecular weight excluding hydrogens is 369 g/mol. The Morgan fingerprint density at radius 1 is 1.00 bits per heavy atom. The molecule has 0 saturated heterocycles. The summed E-state index contributed by atoms with van der Waals surface area (Å²) in [5, 5.41) is 9.40. The Morgan fingerprint density at radius 2 is 1.60 bits per heavy atom. The second-order valence-corrected chi connectivity index (χ2v) is 5.75. The van der Waals surface area contributed by atoms with Crippen LogP contribution in [0.5, 0.6) is 11.5 Å². The quantitative estimate of drug-likeness (QED) is 0.359. The predicted octanol–water partition coefficient (Wildman–Crippen LogP) is -4.62. The number of phosphoric ester groups is 1. The van der Waals surface area contributed by atoms with E-state index in [0.717, 1.165) is 0 Å². The molecular formula is C15H9Na2O7P. The van der Waals surface area contributed by atoms with E-state index in [9.17, 15) is 24.3 Å². The third kappa shape index (κ3) is 5.20. The molecule has 10 heteroatoms. The van der Waals surface area contributed by atoms with Crippen LogP contribution >= 0.6 is 7.82 Å². The normalized spacial score (nSPS) is 10.6. The summed E-state index contributed by atoms with van der Waals surface area (Å²) < 4.78 is 20.8. The van der Waals surface area contributed by atoms with E-state index in [-0.39, 0.29) is 87.2 Å². The maximum absolute atomic E-state index is 12.4. The maximum Gasteiger partial charge on any atom is 1.00 e. The number of phenols is 1. The van der Waals surface area contributed by atoms with E-state index in [2.05, 4.69) is 4.52 Å². The van der Waals surface area contributed by atoms with Gasteiger partial charge in [0.05, 0.1) is 5.39 Å². The molecule has 2 aromatic carbocycles. The monoisotopic (exact) mass is 378 g/mol. The molecule has 0 bridgehead atoms. The minimum atomic E-state index is -5.46. The molecule has 25 heavy (non-hydrogen) atoms. The van der Waals surface area contributed by atoms with Crippen molar-refractivity contribution in [3.8, 4) is 22.8 Å². The van der Waals surface area contributed by atoms with Crippen molar-refractivity contribution in [3.05, 3.63) is 58.8 Å². The molecule has 0 saturated carbocycles. The number of benzene rings is 2. The van der Waals surface area contributed by atoms with E-state index in [1.165, 1.54) is 36.4 Å². The van der Waals surface area contributed by atoms with Crippen molar-refractivity contribution in [2.45, 2.75) is 0 Å². The zero-order valence-corrected chi connectivity index (χ0v) is 18.4. The van der Waals surface area contributed by atoms with Gasteiger partial charge < -0.3 is 28.4 Å². The largest absolute Gasteiger partial charge is 1.00 e. The fourth-order valence-corrected chi connectivity index (χ4v) is 2.51. The van der Waals surface area contributed by atoms with E-state index in [1.54, 1.807) is 12.1 Å². The molecule has 1 heterocycles. The number of aromatic hydroxyl groups is 1. The number of fused-ring (bicyclic) bond motifs is 1. The van der Waals surface area contributed by atoms with Gasteiger partial charge in [-0.05, 0) is 36.4 Å². The Kier molecular flexibility index (Phi) is 7.95. The molecule has 1 aromatic heterocycles. The number of para-hydroxylation sites is 1. The van der Waals surface area contributed by atoms with Crippen molar-refractivity contribution in [2.75, 3.05) is 0 Å². The molecule has 0 amide bonds. The van der Waals surface area contributed by atoms with Gasteiger partial charge in [0.25, 0.3) is 0 Å². The summed E-state index contributed by atoms with van der Waals surface area (Å²) in [4.78, 5) is 34.3. The Balaban J connectivity index is 0.00000156. The van der Waals surface area contributed by atoms with Crippen molar-refractivity contribution in [1.82, 2.24) is 0 Å². The molecule has 118 valence electrons. The number of phosphoric acid groups is 1. The van der Waals surface area contributed by atoms with Gasteiger partial charge in [-0.15, -0.1) is 0 Å². The Bertz CT molecular complexity index is 979. The van der Waals surface area contributed by atoms with Crippen LogP contribution in [0.3, 0.4) is 0 Å². The van der Waals surface area contributed by atoms with Crippen molar-refractivity contribution in [2.24, 2.45) is 0 Å². The molecule has 1 N–H and O–H groups in total. The zero-order chi connectivity index (χ0) is 16.6. The Labute approximate surface area is 186 Å². The van der Waals surface area contributed by atoms with Gasteiger partial charge in [0.15, 0.2) is 5.76 Å². The number of hydrogen-bond donors (Lipinski definition) is 1. The van der Waals surface area contributed by atoms with Crippen LogP contribution in [0.4, 0.5) is 0 Å². The van der Waals surface area contributed by atoms with E-state index < -0.39 is 19.0 Å². The standard InChI is InChI=1S/C15H11O7P.2Na/c16-10-7-5-9(6-8-10)14-15(22-23(18,19)20)13(17)11-3-1-2-4-12(11)21-14;;/h1-8,16H,(H2,18,19,20);;/q;2*+1/p-2. The first-order valence-electron chi connectivity index (χ1n) is 6.42. The SMILES string of the molecule is O=c1c(OP(=O)([O-])[O-])c(-c2ccc(O)cc2)oc2ccccc12.[Na+].[Na+]. The first kappa shape index (κ1) is 22.4. The molecule has 0 atom stereocenters. The number of hydrogen-bond acceptors (Lipinski definition) is 7. The molecule has 0 unspecified atom stereocenters. The van der Waals surface area contributed by atoms with E-state index in [4.69, 9.17) is 4.42 Å². The van der Waals surface area contributed by atoms with E-state index in [1.807, 2.05) is 0 Å². The van der Waals surface area contributed by atoms with Crippen LogP contribution in [0, 0.1) is 0 Å². The van der Waals surface area contributed by atoms with Crippen LogP contribution in [-0.2, 0) is 4.57 Å². The van der Waals surface area contributed by atoms with Gasteiger partial charge in [-0.3, -0.25) is 4.79 Å². The average Bonchev–Trinajstić information content (AvgIpc) is 2.50. The third-order valence-corrected chi connectivity index (χ3v) is 3.49. The maximum atomic E-state index is 12.4. The Morgan fingerprint density at radius 3 is 2.20 bits per heavy atom. The fourth-order valence-electron chi connectivity index (χ4n) is 2.12. The van der Waals surface area contributed by atoms with Crippen molar-refractivity contribution in [3.63, 3.8) is 0 Å². The van der Waals surface area contributed by atoms with Gasteiger partial charge in [-0.1, -0.05) is 12.1 Å². The van der Waals surface area contributed by atoms with Crippen LogP contribution in [0.25, 0.3) is 22.3 Å². The van der Waals surface area contributed by atoms with Gasteiger partial charge in [-0.25, -0.2) is 0 Å². The van der Waals surface area contributed by atoms with Crippen LogP contribution in [-0.4, -0.2) is 5.11 Å². The molecule has 0 spiro atoms. The predicted molar refractivity (Wildman–Crippen MR) is 77.8 cm³/mol. The fraction of sp³-hybridized carbons (Fsp3) is 0. The van der Waals surface area contributed by atoms with Gasteiger partial charge in [-0.2, -0.15) is 0 Å². The van der Waals surface area contributed by atoms with Gasteiger partial charge in [0.1, 0.15) is 19.2 Å². The van der Waals surface area contributed by atoms with Crippen molar-refractivity contribution < 1.29 is 87.5 Å². The third-order valence-electron chi connectivity index (χ3n) is 3.09. The zero-order valence-electron chi connectivity index (χ0n) is 13.5. The average molecular weight is 378 g/mol. The second-order valence-electron chi connectivity index (χ2n) is 4.67. The van der Waals surface area contributed by atoms with Crippen molar-refractivity contribution in [1.29, 1.82) is 0 Å². The minimum absolute atomic E-state index is 0. The van der Waals surface area contributed by atoms with Crippen LogP contribution < -0.4 is 78.9 Å². The minimum Gasteiger partial charge on any atom is -0.780 e. The summed E-state index contributed by atoms with van der Waals surface area (Å²) in [6.07, 6.45) is 0. The van der Waals surface area contributed by atoms with E-state index in [0.29, 0.717) is 0 Å².